The number of ether oxygens (including phenoxy) is 3. The van der Waals surface area contributed by atoms with Crippen LogP contribution in [0.2, 0.25) is 0 Å². The minimum atomic E-state index is -1.71. The molecule has 0 aromatic rings. The van der Waals surface area contributed by atoms with Crippen molar-refractivity contribution in [2.24, 2.45) is 16.2 Å². The highest BCUT2D eigenvalue weighted by Crippen LogP contribution is 2.76. The fourth-order valence-electron chi connectivity index (χ4n) is 7.55. The van der Waals surface area contributed by atoms with Crippen LogP contribution >= 0.6 is 0 Å². The molecule has 9 atom stereocenters. The lowest BCUT2D eigenvalue weighted by Gasteiger charge is -2.61. The first-order chi connectivity index (χ1) is 18.7. The number of Topliss-reactive ketones (excluding diaryl/α,β-unsaturated/α-hetero) is 1. The molecule has 2 saturated heterocycles. The Morgan fingerprint density at radius 3 is 2.45 bits per heavy atom. The van der Waals surface area contributed by atoms with Gasteiger partial charge in [0.25, 0.3) is 0 Å². The van der Waals surface area contributed by atoms with Gasteiger partial charge in [-0.25, -0.2) is 4.79 Å². The highest BCUT2D eigenvalue weighted by molar-refractivity contribution is 5.88. The fourth-order valence-corrected chi connectivity index (χ4v) is 7.55. The van der Waals surface area contributed by atoms with E-state index in [1.54, 1.807) is 19.1 Å². The van der Waals surface area contributed by atoms with E-state index < -0.39 is 65.1 Å². The highest BCUT2D eigenvalue weighted by Gasteiger charge is 2.77. The van der Waals surface area contributed by atoms with Crippen molar-refractivity contribution in [2.75, 3.05) is 6.61 Å². The summed E-state index contributed by atoms with van der Waals surface area (Å²) in [5.74, 6) is -1.08. The Labute approximate surface area is 234 Å². The summed E-state index contributed by atoms with van der Waals surface area (Å²) >= 11 is 0. The van der Waals surface area contributed by atoms with E-state index in [9.17, 15) is 34.8 Å². The van der Waals surface area contributed by atoms with Crippen molar-refractivity contribution < 1.29 is 49.0 Å². The van der Waals surface area contributed by atoms with E-state index in [1.807, 2.05) is 6.92 Å². The number of allylic oxidation sites excluding steroid dienone is 4. The topological polar surface area (TPSA) is 160 Å². The zero-order valence-corrected chi connectivity index (χ0v) is 23.9. The van der Waals surface area contributed by atoms with Gasteiger partial charge in [-0.05, 0) is 65.9 Å². The maximum atomic E-state index is 13.8. The van der Waals surface area contributed by atoms with Crippen LogP contribution in [0.1, 0.15) is 73.1 Å². The van der Waals surface area contributed by atoms with Gasteiger partial charge in [0, 0.05) is 22.8 Å². The molecule has 4 aliphatic rings. The highest BCUT2D eigenvalue weighted by atomic mass is 16.7. The molecular formula is C30H42O10. The SMILES string of the molecule is CC(=O)C[C@]12CCC(C)=CC[C@]13CC[C@@]2(C)[C@@](C)(/C=C/C=C(\C)C(=O)O[C@H]1O[C@H](CO)[C@@H](O)[C@H](O)[C@H]1O)OC3=O. The Morgan fingerprint density at radius 2 is 1.80 bits per heavy atom. The van der Waals surface area contributed by atoms with Crippen molar-refractivity contribution in [2.45, 2.75) is 109 Å². The minimum Gasteiger partial charge on any atom is -0.454 e. The molecule has 2 bridgehead atoms. The molecule has 0 radical (unpaired) electrons. The van der Waals surface area contributed by atoms with Gasteiger partial charge >= 0.3 is 11.9 Å². The van der Waals surface area contributed by atoms with Crippen molar-refractivity contribution in [3.05, 3.63) is 35.5 Å². The van der Waals surface area contributed by atoms with E-state index in [2.05, 4.69) is 19.9 Å². The van der Waals surface area contributed by atoms with Crippen LogP contribution in [0, 0.1) is 16.2 Å². The third-order valence-corrected chi connectivity index (χ3v) is 10.3. The molecule has 0 unspecified atom stereocenters. The van der Waals surface area contributed by atoms with Crippen molar-refractivity contribution >= 4 is 17.7 Å². The van der Waals surface area contributed by atoms with Gasteiger partial charge in [0.1, 0.15) is 35.8 Å². The van der Waals surface area contributed by atoms with Crippen LogP contribution in [-0.4, -0.2) is 81.1 Å². The number of ketones is 1. The predicted octanol–water partition coefficient (Wildman–Crippen LogP) is 2.03. The number of carbonyl (C=O) groups excluding carboxylic acids is 3. The number of carbonyl (C=O) groups is 3. The maximum Gasteiger partial charge on any atom is 0.336 e. The van der Waals surface area contributed by atoms with Crippen LogP contribution in [0.15, 0.2) is 35.5 Å². The molecule has 4 N–H and O–H groups in total. The number of cyclic esters (lactones) is 1. The number of aliphatic hydroxyl groups is 4. The van der Waals surface area contributed by atoms with Gasteiger partial charge in [0.2, 0.25) is 6.29 Å². The second-order valence-corrected chi connectivity index (χ2v) is 12.4. The van der Waals surface area contributed by atoms with E-state index in [0.29, 0.717) is 32.1 Å². The Morgan fingerprint density at radius 1 is 1.10 bits per heavy atom. The molecular weight excluding hydrogens is 520 g/mol. The molecule has 2 aliphatic carbocycles. The van der Waals surface area contributed by atoms with Crippen molar-refractivity contribution in [3.8, 4) is 0 Å². The molecule has 0 aromatic carbocycles. The summed E-state index contributed by atoms with van der Waals surface area (Å²) in [6.45, 7) is 8.46. The lowest BCUT2D eigenvalue weighted by atomic mass is 9.46. The second-order valence-electron chi connectivity index (χ2n) is 12.4. The maximum absolute atomic E-state index is 13.8. The number of esters is 2. The Kier molecular flexibility index (Phi) is 8.26. The first-order valence-corrected chi connectivity index (χ1v) is 13.9. The molecule has 0 amide bonds. The standard InChI is InChI=1S/C30H42O10/c1-17-8-11-29-14-13-27(4,30(29,12-9-17)15-19(3)32)28(5,40-26(29)37)10-6-7-18(2)24(36)39-25-23(35)22(34)21(33)20(16-31)38-25/h6-8,10,20-23,25,31,33-35H,9,11-16H2,1-5H3/b10-6+,18-7+/t20-,21-,22+,23-,25-,27+,28-,29-,30+/m1/s1. The monoisotopic (exact) mass is 562 g/mol. The average molecular weight is 563 g/mol. The van der Waals surface area contributed by atoms with Gasteiger partial charge in [-0.1, -0.05) is 30.7 Å². The number of rotatable bonds is 7. The molecule has 3 fully saturated rings. The van der Waals surface area contributed by atoms with Crippen LogP contribution in [0.5, 0.6) is 0 Å². The second kappa shape index (κ2) is 10.8. The summed E-state index contributed by atoms with van der Waals surface area (Å²) in [5, 5.41) is 39.4. The van der Waals surface area contributed by atoms with Crippen LogP contribution in [0.25, 0.3) is 0 Å². The van der Waals surface area contributed by atoms with Crippen molar-refractivity contribution in [1.82, 2.24) is 0 Å². The molecule has 1 saturated carbocycles. The number of hydrogen-bond acceptors (Lipinski definition) is 10. The zero-order valence-electron chi connectivity index (χ0n) is 23.9. The third-order valence-electron chi connectivity index (χ3n) is 10.3. The fraction of sp³-hybridized carbons (Fsp3) is 0.700. The van der Waals surface area contributed by atoms with Crippen LogP contribution in [-0.2, 0) is 28.6 Å². The van der Waals surface area contributed by atoms with Gasteiger partial charge in [0.05, 0.1) is 12.0 Å². The quantitative estimate of drug-likeness (QED) is 0.156. The lowest BCUT2D eigenvalue weighted by molar-refractivity contribution is -0.291. The van der Waals surface area contributed by atoms with Crippen molar-refractivity contribution in [3.63, 3.8) is 0 Å². The largest absolute Gasteiger partial charge is 0.454 e. The van der Waals surface area contributed by atoms with E-state index in [-0.39, 0.29) is 17.3 Å². The molecule has 0 spiro atoms. The Balaban J connectivity index is 1.58. The molecule has 2 heterocycles. The van der Waals surface area contributed by atoms with Crippen LogP contribution in [0.4, 0.5) is 0 Å². The summed E-state index contributed by atoms with van der Waals surface area (Å²) in [6.07, 6.45) is 2.99. The molecule has 10 heteroatoms. The summed E-state index contributed by atoms with van der Waals surface area (Å²) in [7, 11) is 0. The summed E-state index contributed by atoms with van der Waals surface area (Å²) in [5.41, 5.74) is -1.56. The Bertz CT molecular complexity index is 1140. The van der Waals surface area contributed by atoms with Crippen LogP contribution < -0.4 is 0 Å². The first kappa shape index (κ1) is 30.6. The van der Waals surface area contributed by atoms with E-state index in [4.69, 9.17) is 14.2 Å². The van der Waals surface area contributed by atoms with E-state index in [1.165, 1.54) is 18.6 Å². The Hall–Kier alpha value is -2.37. The molecule has 222 valence electrons. The summed E-state index contributed by atoms with van der Waals surface area (Å²) in [6, 6.07) is 0. The normalized spacial score (nSPS) is 43.5. The third kappa shape index (κ3) is 4.58. The zero-order chi connectivity index (χ0) is 29.7. The molecule has 40 heavy (non-hydrogen) atoms. The smallest absolute Gasteiger partial charge is 0.336 e. The summed E-state index contributed by atoms with van der Waals surface area (Å²) in [4.78, 5) is 39.2. The number of aliphatic hydroxyl groups excluding tert-OH is 4. The average Bonchev–Trinajstić information content (AvgIpc) is 2.98. The van der Waals surface area contributed by atoms with Gasteiger partial charge in [-0.15, -0.1) is 0 Å². The van der Waals surface area contributed by atoms with E-state index in [0.717, 1.165) is 6.42 Å². The molecule has 10 nitrogen and oxygen atoms in total. The van der Waals surface area contributed by atoms with Gasteiger partial charge in [-0.2, -0.15) is 0 Å². The number of hydrogen-bond donors (Lipinski definition) is 4. The minimum absolute atomic E-state index is 0.0461. The van der Waals surface area contributed by atoms with E-state index >= 15 is 0 Å². The molecule has 2 aliphatic heterocycles. The van der Waals surface area contributed by atoms with Gasteiger partial charge in [-0.3, -0.25) is 4.79 Å². The first-order valence-electron chi connectivity index (χ1n) is 13.9. The van der Waals surface area contributed by atoms with Gasteiger partial charge < -0.3 is 39.4 Å². The van der Waals surface area contributed by atoms with Gasteiger partial charge in [0.15, 0.2) is 0 Å². The lowest BCUT2D eigenvalue weighted by Crippen LogP contribution is -2.65. The predicted molar refractivity (Wildman–Crippen MR) is 142 cm³/mol. The van der Waals surface area contributed by atoms with Crippen LogP contribution in [0.3, 0.4) is 0 Å². The molecule has 0 aromatic heterocycles. The van der Waals surface area contributed by atoms with Crippen molar-refractivity contribution in [1.29, 1.82) is 0 Å². The summed E-state index contributed by atoms with van der Waals surface area (Å²) < 4.78 is 16.7. The molecule has 4 rings (SSSR count).